The van der Waals surface area contributed by atoms with Crippen molar-refractivity contribution in [3.63, 3.8) is 0 Å². The molecule has 1 aromatic heterocycles. The standard InChI is InChI=1S/C14H13Br2Cl2NOS/c1-3-19-13(8-5-12(15)21-14(8)16)7-4-10(18)11(20-2)6-9(7)17/h4-6,13,19H,3H2,1-2H3. The van der Waals surface area contributed by atoms with Crippen LogP contribution in [0.2, 0.25) is 10.0 Å². The second-order valence-corrected chi connectivity index (χ2v) is 8.84. The summed E-state index contributed by atoms with van der Waals surface area (Å²) in [5, 5.41) is 4.62. The minimum Gasteiger partial charge on any atom is -0.495 e. The maximum absolute atomic E-state index is 6.42. The van der Waals surface area contributed by atoms with Crippen molar-refractivity contribution < 1.29 is 4.74 Å². The highest BCUT2D eigenvalue weighted by Crippen LogP contribution is 2.41. The van der Waals surface area contributed by atoms with Crippen molar-refractivity contribution in [1.82, 2.24) is 5.32 Å². The molecule has 2 nitrogen and oxygen atoms in total. The lowest BCUT2D eigenvalue weighted by molar-refractivity contribution is 0.414. The molecule has 0 saturated carbocycles. The van der Waals surface area contributed by atoms with Crippen LogP contribution < -0.4 is 10.1 Å². The smallest absolute Gasteiger partial charge is 0.138 e. The molecule has 21 heavy (non-hydrogen) atoms. The van der Waals surface area contributed by atoms with Crippen molar-refractivity contribution in [3.8, 4) is 5.75 Å². The van der Waals surface area contributed by atoms with E-state index in [-0.39, 0.29) is 6.04 Å². The quantitative estimate of drug-likeness (QED) is 0.551. The maximum Gasteiger partial charge on any atom is 0.138 e. The summed E-state index contributed by atoms with van der Waals surface area (Å²) in [6.45, 7) is 2.87. The number of halogens is 4. The topological polar surface area (TPSA) is 21.3 Å². The molecule has 1 aromatic carbocycles. The first-order valence-electron chi connectivity index (χ1n) is 6.19. The van der Waals surface area contributed by atoms with E-state index in [1.807, 2.05) is 6.07 Å². The monoisotopic (exact) mass is 471 g/mol. The van der Waals surface area contributed by atoms with E-state index in [0.29, 0.717) is 15.8 Å². The van der Waals surface area contributed by atoms with Crippen LogP contribution in [0.15, 0.2) is 25.8 Å². The third kappa shape index (κ3) is 3.95. The average Bonchev–Trinajstić information content (AvgIpc) is 2.77. The SMILES string of the molecule is CCNC(c1cc(Cl)c(OC)cc1Cl)c1cc(Br)sc1Br. The Labute approximate surface area is 155 Å². The van der Waals surface area contributed by atoms with Gasteiger partial charge in [-0.3, -0.25) is 0 Å². The fraction of sp³-hybridized carbons (Fsp3) is 0.286. The van der Waals surface area contributed by atoms with Crippen LogP contribution in [0.25, 0.3) is 0 Å². The van der Waals surface area contributed by atoms with Crippen LogP contribution in [0.1, 0.15) is 24.1 Å². The number of methoxy groups -OCH3 is 1. The summed E-state index contributed by atoms with van der Waals surface area (Å²) in [5.41, 5.74) is 2.05. The summed E-state index contributed by atoms with van der Waals surface area (Å²) >= 11 is 21.4. The highest BCUT2D eigenvalue weighted by atomic mass is 79.9. The van der Waals surface area contributed by atoms with E-state index in [0.717, 1.165) is 25.2 Å². The summed E-state index contributed by atoms with van der Waals surface area (Å²) < 4.78 is 7.32. The molecule has 0 aliphatic carbocycles. The second kappa shape index (κ2) is 7.66. The molecule has 1 N–H and O–H groups in total. The summed E-state index contributed by atoms with van der Waals surface area (Å²) in [7, 11) is 1.57. The number of ether oxygens (including phenoxy) is 1. The summed E-state index contributed by atoms with van der Waals surface area (Å²) in [6.07, 6.45) is 0. The van der Waals surface area contributed by atoms with Crippen molar-refractivity contribution in [3.05, 3.63) is 46.9 Å². The van der Waals surface area contributed by atoms with E-state index in [2.05, 4.69) is 50.2 Å². The molecule has 1 unspecified atom stereocenters. The van der Waals surface area contributed by atoms with Crippen LogP contribution in [0.3, 0.4) is 0 Å². The fourth-order valence-corrected chi connectivity index (χ4v) is 5.48. The Morgan fingerprint density at radius 1 is 1.19 bits per heavy atom. The van der Waals surface area contributed by atoms with Gasteiger partial charge in [0.15, 0.2) is 0 Å². The first-order chi connectivity index (χ1) is 9.97. The van der Waals surface area contributed by atoms with E-state index in [4.69, 9.17) is 27.9 Å². The molecule has 0 radical (unpaired) electrons. The van der Waals surface area contributed by atoms with Gasteiger partial charge >= 0.3 is 0 Å². The van der Waals surface area contributed by atoms with Crippen molar-refractivity contribution in [2.45, 2.75) is 13.0 Å². The molecule has 2 aromatic rings. The molecule has 0 aliphatic rings. The van der Waals surface area contributed by atoms with Crippen LogP contribution in [-0.2, 0) is 0 Å². The third-order valence-corrected chi connectivity index (χ3v) is 5.99. The summed E-state index contributed by atoms with van der Waals surface area (Å²) in [6, 6.07) is 5.64. The first-order valence-corrected chi connectivity index (χ1v) is 9.34. The van der Waals surface area contributed by atoms with Gasteiger partial charge in [-0.2, -0.15) is 0 Å². The zero-order valence-electron chi connectivity index (χ0n) is 11.3. The van der Waals surface area contributed by atoms with Crippen molar-refractivity contribution in [2.75, 3.05) is 13.7 Å². The molecule has 0 amide bonds. The van der Waals surface area contributed by atoms with Crippen LogP contribution >= 0.6 is 66.4 Å². The number of thiophene rings is 1. The van der Waals surface area contributed by atoms with Gasteiger partial charge in [0.1, 0.15) is 5.75 Å². The molecule has 7 heteroatoms. The molecule has 0 spiro atoms. The summed E-state index contributed by atoms with van der Waals surface area (Å²) in [4.78, 5) is 0. The van der Waals surface area contributed by atoms with E-state index in [1.54, 1.807) is 24.5 Å². The van der Waals surface area contributed by atoms with Crippen LogP contribution in [0.4, 0.5) is 0 Å². The number of nitrogens with one attached hydrogen (secondary N) is 1. The van der Waals surface area contributed by atoms with Crippen LogP contribution in [-0.4, -0.2) is 13.7 Å². The molecule has 0 saturated heterocycles. The molecule has 0 fully saturated rings. The molecular weight excluding hydrogens is 461 g/mol. The Morgan fingerprint density at radius 2 is 1.90 bits per heavy atom. The van der Waals surface area contributed by atoms with Gasteiger partial charge in [0.05, 0.1) is 25.7 Å². The number of hydrogen-bond acceptors (Lipinski definition) is 3. The molecule has 1 atom stereocenters. The minimum atomic E-state index is -0.0390. The first kappa shape index (κ1) is 17.6. The fourth-order valence-electron chi connectivity index (χ4n) is 2.06. The van der Waals surface area contributed by atoms with Gasteiger partial charge in [0.2, 0.25) is 0 Å². The number of rotatable bonds is 5. The predicted octanol–water partition coefficient (Wildman–Crippen LogP) is 6.29. The zero-order valence-corrected chi connectivity index (χ0v) is 16.8. The second-order valence-electron chi connectivity index (χ2n) is 4.28. The lowest BCUT2D eigenvalue weighted by Gasteiger charge is -2.20. The van der Waals surface area contributed by atoms with Gasteiger partial charge in [-0.05, 0) is 61.7 Å². The lowest BCUT2D eigenvalue weighted by atomic mass is 10.0. The number of benzene rings is 1. The van der Waals surface area contributed by atoms with Gasteiger partial charge in [-0.25, -0.2) is 0 Å². The Hall–Kier alpha value is 0.220. The average molecular weight is 474 g/mol. The largest absolute Gasteiger partial charge is 0.495 e. The molecular formula is C14H13Br2Cl2NOS. The lowest BCUT2D eigenvalue weighted by Crippen LogP contribution is -2.22. The Balaban J connectivity index is 2.53. The highest BCUT2D eigenvalue weighted by Gasteiger charge is 2.22. The van der Waals surface area contributed by atoms with E-state index in [1.165, 1.54) is 0 Å². The van der Waals surface area contributed by atoms with Gasteiger partial charge < -0.3 is 10.1 Å². The van der Waals surface area contributed by atoms with Crippen molar-refractivity contribution in [2.24, 2.45) is 0 Å². The van der Waals surface area contributed by atoms with Gasteiger partial charge in [0, 0.05) is 11.1 Å². The normalized spacial score (nSPS) is 12.5. The van der Waals surface area contributed by atoms with E-state index in [9.17, 15) is 0 Å². The highest BCUT2D eigenvalue weighted by molar-refractivity contribution is 9.12. The maximum atomic E-state index is 6.42. The van der Waals surface area contributed by atoms with Gasteiger partial charge in [-0.15, -0.1) is 11.3 Å². The Morgan fingerprint density at radius 3 is 2.43 bits per heavy atom. The van der Waals surface area contributed by atoms with Crippen LogP contribution in [0.5, 0.6) is 5.75 Å². The van der Waals surface area contributed by atoms with E-state index < -0.39 is 0 Å². The van der Waals surface area contributed by atoms with Gasteiger partial charge in [-0.1, -0.05) is 30.1 Å². The molecule has 2 rings (SSSR count). The predicted molar refractivity (Wildman–Crippen MR) is 98.3 cm³/mol. The van der Waals surface area contributed by atoms with Gasteiger partial charge in [0.25, 0.3) is 0 Å². The molecule has 0 aliphatic heterocycles. The van der Waals surface area contributed by atoms with Crippen molar-refractivity contribution >= 4 is 66.4 Å². The summed E-state index contributed by atoms with van der Waals surface area (Å²) in [5.74, 6) is 0.575. The van der Waals surface area contributed by atoms with Crippen molar-refractivity contribution in [1.29, 1.82) is 0 Å². The Kier molecular flexibility index (Phi) is 6.41. The minimum absolute atomic E-state index is 0.0390. The van der Waals surface area contributed by atoms with E-state index >= 15 is 0 Å². The van der Waals surface area contributed by atoms with Crippen LogP contribution in [0, 0.1) is 0 Å². The number of hydrogen-bond donors (Lipinski definition) is 1. The molecule has 1 heterocycles. The molecule has 114 valence electrons. The Bertz CT molecular complexity index is 648. The third-order valence-electron chi connectivity index (χ3n) is 2.98. The molecule has 0 bridgehead atoms. The zero-order chi connectivity index (χ0) is 15.6.